The molecule has 0 aliphatic carbocycles. The van der Waals surface area contributed by atoms with Crippen molar-refractivity contribution in [2.24, 2.45) is 0 Å². The molecule has 0 radical (unpaired) electrons. The maximum atomic E-state index is 9.21. The molecule has 108 valence electrons. The van der Waals surface area contributed by atoms with Crippen LogP contribution in [-0.2, 0) is 0 Å². The second kappa shape index (κ2) is 9.65. The molecule has 2 N–H and O–H groups in total. The molecule has 0 aromatic heterocycles. The molecule has 20 heavy (non-hydrogen) atoms. The summed E-state index contributed by atoms with van der Waals surface area (Å²) in [6, 6.07) is 7.23. The van der Waals surface area contributed by atoms with Crippen LogP contribution in [0.1, 0.15) is 0 Å². The lowest BCUT2D eigenvalue weighted by Gasteiger charge is -2.00. The average molecular weight is 944 g/mol. The number of benzene rings is 2. The molecule has 0 spiro atoms. The number of hydrogen-bond donors (Lipinski definition) is 2. The zero-order valence-electron chi connectivity index (χ0n) is 9.47. The van der Waals surface area contributed by atoms with Gasteiger partial charge in [0.25, 0.3) is 0 Å². The summed E-state index contributed by atoms with van der Waals surface area (Å²) in [6.45, 7) is 0. The number of hydrogen-bond acceptors (Lipinski definition) is 2. The molecule has 8 heteroatoms. The van der Waals surface area contributed by atoms with Crippen molar-refractivity contribution in [1.29, 1.82) is 0 Å². The molecule has 2 rings (SSSR count). The fraction of sp³-hybridized carbons (Fsp3) is 0. The largest absolute Gasteiger partial charge is 0.507 e. The fourth-order valence-corrected chi connectivity index (χ4v) is 4.82. The van der Waals surface area contributed by atoms with E-state index in [9.17, 15) is 10.2 Å². The normalized spacial score (nSPS) is 9.90. The van der Waals surface area contributed by atoms with Crippen molar-refractivity contribution in [3.63, 3.8) is 0 Å². The van der Waals surface area contributed by atoms with Gasteiger partial charge in [0, 0.05) is 14.3 Å². The summed E-state index contributed by atoms with van der Waals surface area (Å²) in [5, 5.41) is 18.4. The van der Waals surface area contributed by atoms with Crippen molar-refractivity contribution < 1.29 is 10.2 Å². The van der Waals surface area contributed by atoms with E-state index < -0.39 is 0 Å². The van der Waals surface area contributed by atoms with Gasteiger partial charge in [-0.2, -0.15) is 0 Å². The summed E-state index contributed by atoms with van der Waals surface area (Å²) in [7, 11) is 0. The first-order valence-corrected chi connectivity index (χ1v) is 11.4. The summed E-state index contributed by atoms with van der Waals surface area (Å²) in [5.74, 6) is 0.732. The van der Waals surface area contributed by atoms with E-state index >= 15 is 0 Å². The van der Waals surface area contributed by atoms with Crippen molar-refractivity contribution in [3.05, 3.63) is 45.7 Å². The molecule has 0 fully saturated rings. The number of rotatable bonds is 0. The highest BCUT2D eigenvalue weighted by Gasteiger charge is 2.05. The topological polar surface area (TPSA) is 40.5 Å². The Morgan fingerprint density at radius 3 is 1.05 bits per heavy atom. The van der Waals surface area contributed by atoms with Gasteiger partial charge >= 0.3 is 0 Å². The molecular weight excluding hydrogens is 938 g/mol. The highest BCUT2D eigenvalue weighted by atomic mass is 127. The van der Waals surface area contributed by atoms with Gasteiger partial charge in [0.05, 0.1) is 7.14 Å². The van der Waals surface area contributed by atoms with E-state index in [0.717, 1.165) is 14.3 Å². The molecule has 0 heterocycles. The van der Waals surface area contributed by atoms with E-state index in [-0.39, 0.29) is 0 Å². The second-order valence-electron chi connectivity index (χ2n) is 3.39. The summed E-state index contributed by atoms with van der Waals surface area (Å²) in [5.41, 5.74) is 0. The highest BCUT2D eigenvalue weighted by molar-refractivity contribution is 14.1. The first kappa shape index (κ1) is 20.5. The van der Waals surface area contributed by atoms with E-state index in [1.807, 2.05) is 12.1 Å². The van der Waals surface area contributed by atoms with Crippen molar-refractivity contribution >= 4 is 136 Å². The van der Waals surface area contributed by atoms with Crippen LogP contribution in [0.3, 0.4) is 0 Å². The predicted octanol–water partition coefficient (Wildman–Crippen LogP) is 6.41. The smallest absolute Gasteiger partial charge is 0.130 e. The molecule has 2 aromatic rings. The van der Waals surface area contributed by atoms with Gasteiger partial charge in [-0.3, -0.25) is 0 Å². The minimum absolute atomic E-state index is 0.366. The lowest BCUT2D eigenvalue weighted by molar-refractivity contribution is 0.470. The molecule has 2 nitrogen and oxygen atoms in total. The van der Waals surface area contributed by atoms with Gasteiger partial charge in [0.1, 0.15) is 11.5 Å². The van der Waals surface area contributed by atoms with E-state index in [1.165, 1.54) is 7.14 Å². The Kier molecular flexibility index (Phi) is 9.88. The van der Waals surface area contributed by atoms with E-state index in [4.69, 9.17) is 0 Å². The number of phenols is 2. The van der Waals surface area contributed by atoms with E-state index in [0.29, 0.717) is 11.5 Å². The third-order valence-electron chi connectivity index (χ3n) is 2.03. The number of phenolic OH excluding ortho intramolecular Hbond substituents is 2. The highest BCUT2D eigenvalue weighted by Crippen LogP contribution is 2.28. The lowest BCUT2D eigenvalue weighted by Crippen LogP contribution is -1.84. The van der Waals surface area contributed by atoms with Crippen LogP contribution in [-0.4, -0.2) is 10.2 Å². The van der Waals surface area contributed by atoms with Crippen molar-refractivity contribution in [2.45, 2.75) is 0 Å². The van der Waals surface area contributed by atoms with Gasteiger partial charge in [-0.25, -0.2) is 0 Å². The van der Waals surface area contributed by atoms with E-state index in [2.05, 4.69) is 136 Å². The van der Waals surface area contributed by atoms with Crippen molar-refractivity contribution in [1.82, 2.24) is 0 Å². The third kappa shape index (κ3) is 5.81. The van der Waals surface area contributed by atoms with Crippen molar-refractivity contribution in [3.8, 4) is 11.5 Å². The molecule has 0 saturated carbocycles. The quantitative estimate of drug-likeness (QED) is 0.237. The molecule has 0 atom stereocenters. The zero-order valence-corrected chi connectivity index (χ0v) is 22.4. The first-order valence-electron chi connectivity index (χ1n) is 4.90. The fourth-order valence-electron chi connectivity index (χ4n) is 1.03. The molecule has 0 amide bonds. The summed E-state index contributed by atoms with van der Waals surface area (Å²) in [6.07, 6.45) is 0. The predicted molar refractivity (Wildman–Crippen MR) is 133 cm³/mol. The monoisotopic (exact) mass is 943 g/mol. The number of aromatic hydroxyl groups is 2. The summed E-state index contributed by atoms with van der Waals surface area (Å²) >= 11 is 13.2. The molecule has 0 saturated heterocycles. The minimum atomic E-state index is 0.366. The Hall–Kier alpha value is 2.42. The molecule has 0 aliphatic rings. The van der Waals surface area contributed by atoms with Gasteiger partial charge in [0.15, 0.2) is 0 Å². The standard InChI is InChI=1S/2C6H3I3O/c2*7-3-1-2-4(10)6(9)5(3)8/h2*1-2,10H. The minimum Gasteiger partial charge on any atom is -0.507 e. The first-order chi connectivity index (χ1) is 9.25. The third-order valence-corrected chi connectivity index (χ3v) is 12.4. The maximum Gasteiger partial charge on any atom is 0.130 e. The molecule has 0 unspecified atom stereocenters. The average Bonchev–Trinajstić information content (AvgIpc) is 2.43. The Morgan fingerprint density at radius 1 is 0.500 bits per heavy atom. The van der Waals surface area contributed by atoms with Crippen LogP contribution in [0.15, 0.2) is 24.3 Å². The molecule has 0 aliphatic heterocycles. The van der Waals surface area contributed by atoms with Gasteiger partial charge in [-0.1, -0.05) is 0 Å². The summed E-state index contributed by atoms with van der Waals surface area (Å²) in [4.78, 5) is 0. The van der Waals surface area contributed by atoms with Gasteiger partial charge in [0.2, 0.25) is 0 Å². The van der Waals surface area contributed by atoms with Crippen LogP contribution in [0, 0.1) is 21.4 Å². The summed E-state index contributed by atoms with van der Waals surface area (Å²) < 4.78 is 6.48. The Labute approximate surface area is 199 Å². The van der Waals surface area contributed by atoms with Gasteiger partial charge in [-0.05, 0) is 160 Å². The van der Waals surface area contributed by atoms with Crippen LogP contribution < -0.4 is 0 Å². The zero-order chi connectivity index (χ0) is 15.4. The lowest BCUT2D eigenvalue weighted by atomic mass is 10.3. The Morgan fingerprint density at radius 2 is 0.800 bits per heavy atom. The van der Waals surface area contributed by atoms with Crippen LogP contribution >= 0.6 is 136 Å². The SMILES string of the molecule is Oc1ccc(I)c(I)c1I.Oc1ccc(I)c(I)c1I. The molecule has 2 aromatic carbocycles. The van der Waals surface area contributed by atoms with Gasteiger partial charge in [-0.15, -0.1) is 0 Å². The van der Waals surface area contributed by atoms with Gasteiger partial charge < -0.3 is 10.2 Å². The Balaban J connectivity index is 0.000000200. The van der Waals surface area contributed by atoms with E-state index in [1.54, 1.807) is 12.1 Å². The number of halogens is 6. The molecule has 0 bridgehead atoms. The van der Waals surface area contributed by atoms with Crippen molar-refractivity contribution in [2.75, 3.05) is 0 Å². The van der Waals surface area contributed by atoms with Crippen LogP contribution in [0.25, 0.3) is 0 Å². The maximum absolute atomic E-state index is 9.21. The second-order valence-corrected chi connectivity index (χ2v) is 10.0. The molecular formula is C12H6I6O2. The Bertz CT molecular complexity index is 520. The van der Waals surface area contributed by atoms with Crippen LogP contribution in [0.2, 0.25) is 0 Å². The van der Waals surface area contributed by atoms with Crippen LogP contribution in [0.5, 0.6) is 11.5 Å². The van der Waals surface area contributed by atoms with Crippen LogP contribution in [0.4, 0.5) is 0 Å².